The highest BCUT2D eigenvalue weighted by Crippen LogP contribution is 2.38. The maximum absolute atomic E-state index is 12.9. The Morgan fingerprint density at radius 1 is 0.467 bits per heavy atom. The predicted molar refractivity (Wildman–Crippen MR) is 325 cm³/mol. The average molecular weight is 1070 g/mol. The summed E-state index contributed by atoms with van der Waals surface area (Å²) < 4.78 is 23.3. The molecule has 0 spiro atoms. The summed E-state index contributed by atoms with van der Waals surface area (Å²) in [4.78, 5) is 25.4. The topological polar surface area (TPSA) is 108 Å². The van der Waals surface area contributed by atoms with Crippen LogP contribution >= 0.6 is 7.82 Å². The van der Waals surface area contributed by atoms with Gasteiger partial charge in [0.15, 0.2) is 0 Å². The fraction of sp³-hybridized carbons (Fsp3) is 0.833. The molecule has 75 heavy (non-hydrogen) atoms. The van der Waals surface area contributed by atoms with E-state index < -0.39 is 26.6 Å². The number of rotatable bonds is 59. The monoisotopic (exact) mass is 1070 g/mol. The van der Waals surface area contributed by atoms with Gasteiger partial charge in [0.1, 0.15) is 13.2 Å². The van der Waals surface area contributed by atoms with Gasteiger partial charge in [-0.15, -0.1) is 0 Å². The zero-order valence-corrected chi connectivity index (χ0v) is 51.1. The number of carbonyl (C=O) groups excluding carboxylic acids is 1. The van der Waals surface area contributed by atoms with E-state index in [1.807, 2.05) is 27.2 Å². The van der Waals surface area contributed by atoms with Crippen molar-refractivity contribution in [1.82, 2.24) is 5.32 Å². The number of hydrogen-bond donors (Lipinski definition) is 2. The molecule has 0 aliphatic rings. The fourth-order valence-electron chi connectivity index (χ4n) is 9.41. The molecule has 3 atom stereocenters. The first kappa shape index (κ1) is 73.2. The number of aliphatic hydroxyl groups is 1. The van der Waals surface area contributed by atoms with Crippen molar-refractivity contribution in [1.29, 1.82) is 0 Å². The van der Waals surface area contributed by atoms with Crippen LogP contribution in [0.1, 0.15) is 303 Å². The van der Waals surface area contributed by atoms with Gasteiger partial charge >= 0.3 is 0 Å². The number of hydrogen-bond acceptors (Lipinski definition) is 6. The number of phosphoric acid groups is 1. The Hall–Kier alpha value is -1.80. The van der Waals surface area contributed by atoms with E-state index in [9.17, 15) is 19.4 Å². The van der Waals surface area contributed by atoms with Crippen LogP contribution in [0.2, 0.25) is 0 Å². The first-order valence-electron chi connectivity index (χ1n) is 32.2. The molecule has 0 bridgehead atoms. The Kier molecular flexibility index (Phi) is 55.5. The second-order valence-corrected chi connectivity index (χ2v) is 24.5. The quantitative estimate of drug-likeness (QED) is 0.0272. The second kappa shape index (κ2) is 56.9. The predicted octanol–water partition coefficient (Wildman–Crippen LogP) is 19.4. The van der Waals surface area contributed by atoms with Crippen LogP contribution in [0.5, 0.6) is 0 Å². The molecule has 0 saturated heterocycles. The van der Waals surface area contributed by atoms with Gasteiger partial charge in [0.25, 0.3) is 7.82 Å². The Morgan fingerprint density at radius 2 is 0.787 bits per heavy atom. The number of nitrogens with zero attached hydrogens (tertiary/aromatic N) is 1. The summed E-state index contributed by atoms with van der Waals surface area (Å²) >= 11 is 0. The molecule has 0 heterocycles. The lowest BCUT2D eigenvalue weighted by Gasteiger charge is -2.29. The van der Waals surface area contributed by atoms with E-state index >= 15 is 0 Å². The van der Waals surface area contributed by atoms with Gasteiger partial charge in [0, 0.05) is 6.42 Å². The molecule has 8 nitrogen and oxygen atoms in total. The molecule has 2 N–H and O–H groups in total. The van der Waals surface area contributed by atoms with Crippen molar-refractivity contribution in [2.75, 3.05) is 40.9 Å². The highest BCUT2D eigenvalue weighted by atomic mass is 31.2. The lowest BCUT2D eigenvalue weighted by molar-refractivity contribution is -0.870. The van der Waals surface area contributed by atoms with E-state index in [0.717, 1.165) is 51.4 Å². The number of nitrogens with one attached hydrogen (secondary N) is 1. The summed E-state index contributed by atoms with van der Waals surface area (Å²) in [5.74, 6) is -0.204. The number of likely N-dealkylation sites (N-methyl/N-ethyl adjacent to an activating group) is 1. The van der Waals surface area contributed by atoms with Gasteiger partial charge in [-0.1, -0.05) is 286 Å². The molecule has 0 aromatic heterocycles. The van der Waals surface area contributed by atoms with Gasteiger partial charge in [-0.05, 0) is 70.6 Å². The highest BCUT2D eigenvalue weighted by molar-refractivity contribution is 7.45. The summed E-state index contributed by atoms with van der Waals surface area (Å²) in [5.41, 5.74) is 0. The third-order valence-corrected chi connectivity index (χ3v) is 15.4. The number of unbranched alkanes of at least 4 members (excludes halogenated alkanes) is 38. The molecule has 0 aromatic carbocycles. The van der Waals surface area contributed by atoms with Crippen molar-refractivity contribution in [3.8, 4) is 0 Å². The lowest BCUT2D eigenvalue weighted by atomic mass is 10.0. The van der Waals surface area contributed by atoms with Crippen LogP contribution in [-0.4, -0.2) is 68.5 Å². The molecule has 0 fully saturated rings. The van der Waals surface area contributed by atoms with Crippen molar-refractivity contribution in [3.05, 3.63) is 60.8 Å². The summed E-state index contributed by atoms with van der Waals surface area (Å²) in [6.07, 6.45) is 77.8. The number of amides is 1. The maximum Gasteiger partial charge on any atom is 0.268 e. The van der Waals surface area contributed by atoms with E-state index in [4.69, 9.17) is 9.05 Å². The Balaban J connectivity index is 3.84. The second-order valence-electron chi connectivity index (χ2n) is 23.1. The fourth-order valence-corrected chi connectivity index (χ4v) is 10.1. The van der Waals surface area contributed by atoms with Crippen molar-refractivity contribution < 1.29 is 32.9 Å². The minimum Gasteiger partial charge on any atom is -0.756 e. The Bertz CT molecular complexity index is 1400. The smallest absolute Gasteiger partial charge is 0.268 e. The van der Waals surface area contributed by atoms with Crippen LogP contribution in [0, 0.1) is 0 Å². The molecule has 1 amide bonds. The molecule has 440 valence electrons. The van der Waals surface area contributed by atoms with E-state index in [2.05, 4.69) is 67.8 Å². The van der Waals surface area contributed by atoms with Crippen molar-refractivity contribution in [2.24, 2.45) is 0 Å². The van der Waals surface area contributed by atoms with E-state index in [1.165, 1.54) is 231 Å². The molecule has 0 rings (SSSR count). The zero-order valence-electron chi connectivity index (χ0n) is 50.3. The number of phosphoric ester groups is 1. The van der Waals surface area contributed by atoms with E-state index in [-0.39, 0.29) is 12.5 Å². The molecular weight excluding hydrogens is 948 g/mol. The van der Waals surface area contributed by atoms with E-state index in [1.54, 1.807) is 6.08 Å². The minimum absolute atomic E-state index is 0.00588. The highest BCUT2D eigenvalue weighted by Gasteiger charge is 2.23. The molecule has 0 aliphatic carbocycles. The summed E-state index contributed by atoms with van der Waals surface area (Å²) in [5, 5.41) is 13.8. The van der Waals surface area contributed by atoms with Crippen LogP contribution in [-0.2, 0) is 18.4 Å². The lowest BCUT2D eigenvalue weighted by Crippen LogP contribution is -2.45. The average Bonchev–Trinajstić information content (AvgIpc) is 3.37. The maximum atomic E-state index is 12.9. The van der Waals surface area contributed by atoms with E-state index in [0.29, 0.717) is 17.4 Å². The van der Waals surface area contributed by atoms with Gasteiger partial charge < -0.3 is 28.8 Å². The number of allylic oxidation sites excluding steroid dienone is 9. The first-order chi connectivity index (χ1) is 36.5. The summed E-state index contributed by atoms with van der Waals surface area (Å²) in [7, 11) is 1.25. The Labute approximate surface area is 466 Å². The molecule has 9 heteroatoms. The van der Waals surface area contributed by atoms with Gasteiger partial charge in [0.2, 0.25) is 5.91 Å². The summed E-state index contributed by atoms with van der Waals surface area (Å²) in [6.45, 7) is 4.61. The van der Waals surface area contributed by atoms with Crippen molar-refractivity contribution >= 4 is 13.7 Å². The molecule has 0 saturated carbocycles. The SMILES string of the molecule is CCCCCCC/C=C\C/C=C\C/C=C\CCCCCCCCCCCCCCCCCCCCCCCCCCCCC(=O)NC(COP(=O)([O-])OCC[N+](C)(C)C)C(O)/C=C/CC/C=C/CCCCCCCC. The normalized spacial score (nSPS) is 14.2. The van der Waals surface area contributed by atoms with Crippen molar-refractivity contribution in [2.45, 2.75) is 315 Å². The van der Waals surface area contributed by atoms with Crippen LogP contribution in [0.4, 0.5) is 0 Å². The van der Waals surface area contributed by atoms with Crippen LogP contribution in [0.3, 0.4) is 0 Å². The van der Waals surface area contributed by atoms with Crippen LogP contribution < -0.4 is 10.2 Å². The molecule has 0 aromatic rings. The first-order valence-corrected chi connectivity index (χ1v) is 33.6. The van der Waals surface area contributed by atoms with Gasteiger partial charge in [-0.3, -0.25) is 9.36 Å². The van der Waals surface area contributed by atoms with Gasteiger partial charge in [-0.2, -0.15) is 0 Å². The van der Waals surface area contributed by atoms with Gasteiger partial charge in [-0.25, -0.2) is 0 Å². The molecular formula is C66H125N2O6P. The zero-order chi connectivity index (χ0) is 54.9. The third-order valence-electron chi connectivity index (χ3n) is 14.4. The van der Waals surface area contributed by atoms with Crippen LogP contribution in [0.25, 0.3) is 0 Å². The van der Waals surface area contributed by atoms with Gasteiger partial charge in [0.05, 0.1) is 39.9 Å². The number of aliphatic hydroxyl groups excluding tert-OH is 1. The van der Waals surface area contributed by atoms with Crippen LogP contribution in [0.15, 0.2) is 60.8 Å². The molecule has 0 radical (unpaired) electrons. The minimum atomic E-state index is -4.60. The largest absolute Gasteiger partial charge is 0.756 e. The number of carbonyl (C=O) groups is 1. The third kappa shape index (κ3) is 59.7. The molecule has 3 unspecified atom stereocenters. The number of quaternary nitrogens is 1. The summed E-state index contributed by atoms with van der Waals surface area (Å²) in [6, 6.07) is -0.902. The molecule has 0 aliphatic heterocycles. The van der Waals surface area contributed by atoms with Crippen molar-refractivity contribution in [3.63, 3.8) is 0 Å². The standard InChI is InChI=1S/C66H125N2O6P/c1-6-8-10-12-14-16-18-20-21-22-23-24-25-26-27-28-29-30-31-32-33-34-35-36-37-38-39-40-41-42-43-44-45-46-47-48-50-52-54-56-58-60-66(70)67-64(63-74-75(71,72)73-62-61-68(3,4)5)65(69)59-57-55-53-51-49-19-17-15-13-11-9-7-2/h18,20,22-23,25-26,49,51,57,59,64-65,69H,6-17,19,21,24,27-48,50,52-56,58,60-63H2,1-5H3,(H-,67,70,71,72)/b20-18-,23-22-,26-25-,51-49+,59-57+. The Morgan fingerprint density at radius 3 is 1.17 bits per heavy atom.